The Morgan fingerprint density at radius 3 is 2.16 bits per heavy atom. The highest BCUT2D eigenvalue weighted by Gasteiger charge is 2.48. The number of anilines is 1. The molecule has 2 aliphatic rings. The first-order chi connectivity index (χ1) is 21.9. The summed E-state index contributed by atoms with van der Waals surface area (Å²) in [5.41, 5.74) is 6.19. The quantitative estimate of drug-likeness (QED) is 0.179. The molecule has 7 heteroatoms. The smallest absolute Gasteiger partial charge is 0.298 e. The van der Waals surface area contributed by atoms with Gasteiger partial charge in [-0.15, -0.1) is 0 Å². The fourth-order valence-electron chi connectivity index (χ4n) is 7.52. The van der Waals surface area contributed by atoms with Crippen molar-refractivity contribution in [2.75, 3.05) is 24.5 Å². The van der Waals surface area contributed by atoms with Crippen LogP contribution in [0.5, 0.6) is 0 Å². The molecule has 2 heterocycles. The highest BCUT2D eigenvalue weighted by atomic mass is 19.1. The van der Waals surface area contributed by atoms with Crippen LogP contribution in [0, 0.1) is 5.82 Å². The number of hydrogen-bond donors (Lipinski definition) is 1. The molecule has 1 fully saturated rings. The van der Waals surface area contributed by atoms with E-state index in [-0.39, 0.29) is 11.7 Å². The maximum Gasteiger partial charge on any atom is 0.298 e. The van der Waals surface area contributed by atoms with Gasteiger partial charge < -0.3 is 14.6 Å². The summed E-state index contributed by atoms with van der Waals surface area (Å²) in [7, 11) is 0. The van der Waals surface area contributed by atoms with Gasteiger partial charge in [0.2, 0.25) is 5.91 Å². The van der Waals surface area contributed by atoms with Crippen molar-refractivity contribution in [3.8, 4) is 11.1 Å². The lowest BCUT2D eigenvalue weighted by molar-refractivity contribution is -0.125. The third kappa shape index (κ3) is 5.39. The Kier molecular flexibility index (Phi) is 7.88. The molecule has 0 radical (unpaired) electrons. The Balaban J connectivity index is 1.06. The minimum atomic E-state index is -0.782. The molecule has 0 spiro atoms. The minimum Gasteiger partial charge on any atom is -0.423 e. The fourth-order valence-corrected chi connectivity index (χ4v) is 7.52. The van der Waals surface area contributed by atoms with Crippen molar-refractivity contribution >= 4 is 23.0 Å². The summed E-state index contributed by atoms with van der Waals surface area (Å²) in [5.74, 6) is -0.283. The molecule has 1 saturated heterocycles. The van der Waals surface area contributed by atoms with Gasteiger partial charge in [0.05, 0.1) is 0 Å². The average Bonchev–Trinajstić information content (AvgIpc) is 3.62. The summed E-state index contributed by atoms with van der Waals surface area (Å²) in [5, 5.41) is 3.23. The second kappa shape index (κ2) is 12.1. The maximum absolute atomic E-state index is 14.4. The molecule has 7 rings (SSSR count). The van der Waals surface area contributed by atoms with Gasteiger partial charge >= 0.3 is 0 Å². The third-order valence-corrected chi connectivity index (χ3v) is 9.69. The van der Waals surface area contributed by atoms with E-state index in [1.807, 2.05) is 48.5 Å². The van der Waals surface area contributed by atoms with Crippen LogP contribution in [0.4, 0.5) is 10.4 Å². The molecule has 1 N–H and O–H groups in total. The Hall–Kier alpha value is -4.49. The SMILES string of the molecule is C[C@@H]1CN(c2nc3ccccc3o2)C[C@H](C)N1CCCCC1(C(=O)NCc2ccc(F)cc2)c2ccccc2-c2ccccc21. The van der Waals surface area contributed by atoms with Crippen LogP contribution in [-0.2, 0) is 16.8 Å². The van der Waals surface area contributed by atoms with Crippen molar-refractivity contribution in [1.29, 1.82) is 0 Å². The molecule has 4 aromatic carbocycles. The first kappa shape index (κ1) is 29.2. The zero-order valence-electron chi connectivity index (χ0n) is 25.9. The Morgan fingerprint density at radius 1 is 0.867 bits per heavy atom. The molecule has 1 aromatic heterocycles. The zero-order valence-corrected chi connectivity index (χ0v) is 25.9. The molecular weight excluding hydrogens is 563 g/mol. The number of piperazine rings is 1. The Morgan fingerprint density at radius 2 is 1.49 bits per heavy atom. The molecule has 1 aliphatic heterocycles. The van der Waals surface area contributed by atoms with Crippen LogP contribution in [0.1, 0.15) is 49.8 Å². The highest BCUT2D eigenvalue weighted by Crippen LogP contribution is 2.51. The number of oxazole rings is 1. The molecule has 2 atom stereocenters. The molecule has 1 aliphatic carbocycles. The van der Waals surface area contributed by atoms with Crippen molar-refractivity contribution in [1.82, 2.24) is 15.2 Å². The van der Waals surface area contributed by atoms with Gasteiger partial charge in [0.25, 0.3) is 6.01 Å². The zero-order chi connectivity index (χ0) is 31.0. The van der Waals surface area contributed by atoms with E-state index in [9.17, 15) is 9.18 Å². The summed E-state index contributed by atoms with van der Waals surface area (Å²) in [6, 6.07) is 32.3. The molecule has 0 bridgehead atoms. The standard InChI is InChI=1S/C38H39FN4O2/c1-26-24-42(37-41-34-15-7-8-16-35(34)45-37)25-27(2)43(26)22-10-9-21-38(36(44)40-23-28-17-19-29(39)20-18-28)32-13-5-3-11-30(32)31-12-4-6-14-33(31)38/h3-8,11-20,26-27H,9-10,21-25H2,1-2H3,(H,40,44)/t26-,27+. The van der Waals surface area contributed by atoms with E-state index in [1.54, 1.807) is 12.1 Å². The number of unbranched alkanes of at least 4 members (excludes halogenated alkanes) is 1. The van der Waals surface area contributed by atoms with Crippen LogP contribution < -0.4 is 10.2 Å². The predicted octanol–water partition coefficient (Wildman–Crippen LogP) is 7.32. The first-order valence-corrected chi connectivity index (χ1v) is 16.0. The number of aromatic nitrogens is 1. The van der Waals surface area contributed by atoms with E-state index in [0.29, 0.717) is 31.1 Å². The lowest BCUT2D eigenvalue weighted by Crippen LogP contribution is -2.57. The summed E-state index contributed by atoms with van der Waals surface area (Å²) in [4.78, 5) is 23.9. The highest BCUT2D eigenvalue weighted by molar-refractivity contribution is 6.00. The summed E-state index contributed by atoms with van der Waals surface area (Å²) < 4.78 is 19.6. The van der Waals surface area contributed by atoms with E-state index >= 15 is 0 Å². The number of carbonyl (C=O) groups is 1. The molecule has 230 valence electrons. The molecule has 0 unspecified atom stereocenters. The molecule has 1 amide bonds. The van der Waals surface area contributed by atoms with E-state index in [1.165, 1.54) is 12.1 Å². The number of fused-ring (bicyclic) bond motifs is 4. The number of hydrogen-bond acceptors (Lipinski definition) is 5. The van der Waals surface area contributed by atoms with Crippen LogP contribution in [-0.4, -0.2) is 47.5 Å². The number of nitrogens with zero attached hydrogens (tertiary/aromatic N) is 3. The van der Waals surface area contributed by atoms with Gasteiger partial charge in [-0.2, -0.15) is 4.98 Å². The lowest BCUT2D eigenvalue weighted by Gasteiger charge is -2.44. The van der Waals surface area contributed by atoms with Crippen LogP contribution in [0.25, 0.3) is 22.2 Å². The monoisotopic (exact) mass is 602 g/mol. The van der Waals surface area contributed by atoms with Gasteiger partial charge in [-0.3, -0.25) is 9.69 Å². The van der Waals surface area contributed by atoms with Crippen LogP contribution in [0.3, 0.4) is 0 Å². The number of para-hydroxylation sites is 2. The van der Waals surface area contributed by atoms with Gasteiger partial charge in [0.15, 0.2) is 5.58 Å². The van der Waals surface area contributed by atoms with E-state index in [0.717, 1.165) is 71.4 Å². The van der Waals surface area contributed by atoms with Crippen molar-refractivity contribution < 1.29 is 13.6 Å². The third-order valence-electron chi connectivity index (χ3n) is 9.69. The number of carbonyl (C=O) groups excluding carboxylic acids is 1. The van der Waals surface area contributed by atoms with Crippen LogP contribution >= 0.6 is 0 Å². The molecule has 45 heavy (non-hydrogen) atoms. The van der Waals surface area contributed by atoms with Gasteiger partial charge in [-0.25, -0.2) is 4.39 Å². The molecule has 0 saturated carbocycles. The molecule has 5 aromatic rings. The van der Waals surface area contributed by atoms with E-state index in [2.05, 4.69) is 53.2 Å². The fraction of sp³-hybridized carbons (Fsp3) is 0.316. The van der Waals surface area contributed by atoms with Gasteiger partial charge in [0.1, 0.15) is 16.7 Å². The van der Waals surface area contributed by atoms with Crippen LogP contribution in [0.2, 0.25) is 0 Å². The molecule has 6 nitrogen and oxygen atoms in total. The minimum absolute atomic E-state index is 0.00194. The molecular formula is C38H39FN4O2. The normalized spacial score (nSPS) is 19.0. The predicted molar refractivity (Wildman–Crippen MR) is 177 cm³/mol. The number of nitrogens with one attached hydrogen (secondary N) is 1. The number of amides is 1. The Labute approximate surface area is 263 Å². The van der Waals surface area contributed by atoms with E-state index in [4.69, 9.17) is 9.40 Å². The number of halogens is 1. The number of benzene rings is 4. The second-order valence-corrected chi connectivity index (χ2v) is 12.6. The largest absolute Gasteiger partial charge is 0.423 e. The first-order valence-electron chi connectivity index (χ1n) is 16.0. The summed E-state index contributed by atoms with van der Waals surface area (Å²) in [6.07, 6.45) is 2.59. The van der Waals surface area contributed by atoms with Gasteiger partial charge in [0, 0.05) is 31.7 Å². The van der Waals surface area contributed by atoms with Crippen LogP contribution in [0.15, 0.2) is 101 Å². The van der Waals surface area contributed by atoms with Crippen molar-refractivity contribution in [3.63, 3.8) is 0 Å². The maximum atomic E-state index is 14.4. The van der Waals surface area contributed by atoms with Gasteiger partial charge in [-0.1, -0.05) is 79.2 Å². The van der Waals surface area contributed by atoms with Crippen molar-refractivity contribution in [2.45, 2.75) is 57.2 Å². The van der Waals surface area contributed by atoms with Crippen molar-refractivity contribution in [2.24, 2.45) is 0 Å². The topological polar surface area (TPSA) is 61.6 Å². The second-order valence-electron chi connectivity index (χ2n) is 12.6. The van der Waals surface area contributed by atoms with Gasteiger partial charge in [-0.05, 0) is 85.3 Å². The lowest BCUT2D eigenvalue weighted by atomic mass is 9.73. The summed E-state index contributed by atoms with van der Waals surface area (Å²) >= 11 is 0. The van der Waals surface area contributed by atoms with Crippen molar-refractivity contribution in [3.05, 3.63) is 120 Å². The Bertz CT molecular complexity index is 1730. The summed E-state index contributed by atoms with van der Waals surface area (Å²) in [6.45, 7) is 7.57. The van der Waals surface area contributed by atoms with E-state index < -0.39 is 5.41 Å². The average molecular weight is 603 g/mol. The number of rotatable bonds is 9.